The number of hydrogen-bond donors (Lipinski definition) is 1. The van der Waals surface area contributed by atoms with E-state index in [9.17, 15) is 4.79 Å². The van der Waals surface area contributed by atoms with Gasteiger partial charge in [-0.15, -0.1) is 0 Å². The largest absolute Gasteiger partial charge is 0.493 e. The molecule has 22 heavy (non-hydrogen) atoms. The minimum Gasteiger partial charge on any atom is -0.493 e. The summed E-state index contributed by atoms with van der Waals surface area (Å²) in [6.07, 6.45) is 2.24. The van der Waals surface area contributed by atoms with E-state index >= 15 is 0 Å². The lowest BCUT2D eigenvalue weighted by Gasteiger charge is -2.31. The van der Waals surface area contributed by atoms with Crippen molar-refractivity contribution in [1.82, 2.24) is 4.90 Å². The van der Waals surface area contributed by atoms with Gasteiger partial charge in [0.15, 0.2) is 11.5 Å². The SMILES string of the molecule is COc1cc(CC(=O)N2CCCC(N)C2)cc(OC)c1OC. The fourth-order valence-corrected chi connectivity index (χ4v) is 2.76. The van der Waals surface area contributed by atoms with E-state index < -0.39 is 0 Å². The summed E-state index contributed by atoms with van der Waals surface area (Å²) in [7, 11) is 4.68. The number of benzene rings is 1. The highest BCUT2D eigenvalue weighted by molar-refractivity contribution is 5.79. The van der Waals surface area contributed by atoms with Crippen LogP contribution in [0.3, 0.4) is 0 Å². The van der Waals surface area contributed by atoms with Crippen LogP contribution in [0.15, 0.2) is 12.1 Å². The van der Waals surface area contributed by atoms with Crippen LogP contribution in [0, 0.1) is 0 Å². The van der Waals surface area contributed by atoms with Crippen LogP contribution >= 0.6 is 0 Å². The second-order valence-electron chi connectivity index (χ2n) is 5.45. The summed E-state index contributed by atoms with van der Waals surface area (Å²) in [6.45, 7) is 1.40. The molecule has 6 nitrogen and oxygen atoms in total. The minimum absolute atomic E-state index is 0.0735. The summed E-state index contributed by atoms with van der Waals surface area (Å²) in [4.78, 5) is 14.3. The van der Waals surface area contributed by atoms with E-state index in [-0.39, 0.29) is 11.9 Å². The molecule has 2 N–H and O–H groups in total. The van der Waals surface area contributed by atoms with Crippen LogP contribution in [-0.2, 0) is 11.2 Å². The Morgan fingerprint density at radius 2 is 1.86 bits per heavy atom. The molecule has 1 atom stereocenters. The molecule has 0 bridgehead atoms. The number of amides is 1. The first kappa shape index (κ1) is 16.4. The van der Waals surface area contributed by atoms with Gasteiger partial charge in [0.1, 0.15) is 0 Å². The molecule has 1 aromatic carbocycles. The summed E-state index contributed by atoms with van der Waals surface area (Å²) in [5.74, 6) is 1.71. The Morgan fingerprint density at radius 1 is 1.23 bits per heavy atom. The molecule has 0 radical (unpaired) electrons. The first-order valence-electron chi connectivity index (χ1n) is 7.41. The average molecular weight is 308 g/mol. The maximum absolute atomic E-state index is 12.4. The van der Waals surface area contributed by atoms with E-state index in [1.165, 1.54) is 0 Å². The van der Waals surface area contributed by atoms with Gasteiger partial charge in [-0.05, 0) is 30.5 Å². The quantitative estimate of drug-likeness (QED) is 0.885. The molecule has 1 amide bonds. The molecule has 1 aliphatic heterocycles. The highest BCUT2D eigenvalue weighted by Crippen LogP contribution is 2.38. The van der Waals surface area contributed by atoms with E-state index in [0.717, 1.165) is 24.9 Å². The van der Waals surface area contributed by atoms with Gasteiger partial charge in [0.25, 0.3) is 0 Å². The number of hydrogen-bond acceptors (Lipinski definition) is 5. The molecule has 1 aromatic rings. The summed E-state index contributed by atoms with van der Waals surface area (Å²) < 4.78 is 15.9. The number of ether oxygens (including phenoxy) is 3. The first-order chi connectivity index (χ1) is 10.6. The van der Waals surface area contributed by atoms with Crippen molar-refractivity contribution in [3.63, 3.8) is 0 Å². The van der Waals surface area contributed by atoms with Crippen molar-refractivity contribution in [2.24, 2.45) is 5.73 Å². The zero-order valence-electron chi connectivity index (χ0n) is 13.4. The molecular formula is C16H24N2O4. The van der Waals surface area contributed by atoms with Gasteiger partial charge in [-0.25, -0.2) is 0 Å². The van der Waals surface area contributed by atoms with Crippen molar-refractivity contribution in [3.05, 3.63) is 17.7 Å². The topological polar surface area (TPSA) is 74.0 Å². The van der Waals surface area contributed by atoms with Crippen LogP contribution < -0.4 is 19.9 Å². The molecule has 2 rings (SSSR count). The van der Waals surface area contributed by atoms with Crippen LogP contribution in [0.2, 0.25) is 0 Å². The third-order valence-electron chi connectivity index (χ3n) is 3.89. The number of carbonyl (C=O) groups is 1. The second kappa shape index (κ2) is 7.35. The second-order valence-corrected chi connectivity index (χ2v) is 5.45. The molecule has 0 aromatic heterocycles. The molecule has 0 aliphatic carbocycles. The van der Waals surface area contributed by atoms with Gasteiger partial charge in [-0.1, -0.05) is 0 Å². The molecule has 122 valence electrons. The fraction of sp³-hybridized carbons (Fsp3) is 0.562. The lowest BCUT2D eigenvalue weighted by atomic mass is 10.0. The number of piperidine rings is 1. The van der Waals surface area contributed by atoms with Crippen LogP contribution in [0.5, 0.6) is 17.2 Å². The smallest absolute Gasteiger partial charge is 0.227 e. The lowest BCUT2D eigenvalue weighted by molar-refractivity contribution is -0.131. The van der Waals surface area contributed by atoms with E-state index in [1.807, 2.05) is 17.0 Å². The van der Waals surface area contributed by atoms with Gasteiger partial charge >= 0.3 is 0 Å². The third-order valence-corrected chi connectivity index (χ3v) is 3.89. The minimum atomic E-state index is 0.0735. The van der Waals surface area contributed by atoms with Crippen molar-refractivity contribution < 1.29 is 19.0 Å². The molecule has 1 unspecified atom stereocenters. The van der Waals surface area contributed by atoms with Gasteiger partial charge in [0.2, 0.25) is 11.7 Å². The highest BCUT2D eigenvalue weighted by Gasteiger charge is 2.22. The first-order valence-corrected chi connectivity index (χ1v) is 7.41. The molecule has 1 aliphatic rings. The molecule has 6 heteroatoms. The Kier molecular flexibility index (Phi) is 5.49. The van der Waals surface area contributed by atoms with Crippen molar-refractivity contribution >= 4 is 5.91 Å². The standard InChI is InChI=1S/C16H24N2O4/c1-20-13-7-11(8-14(21-2)16(13)22-3)9-15(19)18-6-4-5-12(17)10-18/h7-8,12H,4-6,9-10,17H2,1-3H3. The predicted octanol–water partition coefficient (Wildman–Crippen LogP) is 1.20. The Hall–Kier alpha value is -1.95. The number of nitrogens with two attached hydrogens (primary N) is 1. The zero-order chi connectivity index (χ0) is 16.1. The Balaban J connectivity index is 2.16. The van der Waals surface area contributed by atoms with Crippen LogP contribution in [0.4, 0.5) is 0 Å². The highest BCUT2D eigenvalue weighted by atomic mass is 16.5. The summed E-state index contributed by atoms with van der Waals surface area (Å²) in [6, 6.07) is 3.70. The number of carbonyl (C=O) groups excluding carboxylic acids is 1. The van der Waals surface area contributed by atoms with Crippen molar-refractivity contribution in [2.45, 2.75) is 25.3 Å². The molecular weight excluding hydrogens is 284 g/mol. The predicted molar refractivity (Wildman–Crippen MR) is 83.6 cm³/mol. The lowest BCUT2D eigenvalue weighted by Crippen LogP contribution is -2.46. The number of rotatable bonds is 5. The number of methoxy groups -OCH3 is 3. The van der Waals surface area contributed by atoms with Crippen LogP contribution in [0.1, 0.15) is 18.4 Å². The van der Waals surface area contributed by atoms with Crippen LogP contribution in [-0.4, -0.2) is 51.3 Å². The van der Waals surface area contributed by atoms with Crippen molar-refractivity contribution in [2.75, 3.05) is 34.4 Å². The summed E-state index contributed by atoms with van der Waals surface area (Å²) in [5, 5.41) is 0. The fourth-order valence-electron chi connectivity index (χ4n) is 2.76. The van der Waals surface area contributed by atoms with E-state index in [4.69, 9.17) is 19.9 Å². The monoisotopic (exact) mass is 308 g/mol. The molecule has 1 heterocycles. The van der Waals surface area contributed by atoms with E-state index in [2.05, 4.69) is 0 Å². The molecule has 0 spiro atoms. The number of nitrogens with zero attached hydrogens (tertiary/aromatic N) is 1. The average Bonchev–Trinajstić information content (AvgIpc) is 2.53. The van der Waals surface area contributed by atoms with E-state index in [0.29, 0.717) is 30.2 Å². The summed E-state index contributed by atoms with van der Waals surface area (Å²) in [5.41, 5.74) is 6.77. The maximum atomic E-state index is 12.4. The maximum Gasteiger partial charge on any atom is 0.227 e. The van der Waals surface area contributed by atoms with Gasteiger partial charge in [0, 0.05) is 19.1 Å². The Bertz CT molecular complexity index is 508. The van der Waals surface area contributed by atoms with E-state index in [1.54, 1.807) is 21.3 Å². The molecule has 1 fully saturated rings. The molecule has 0 saturated carbocycles. The normalized spacial score (nSPS) is 18.0. The van der Waals surface area contributed by atoms with Crippen molar-refractivity contribution in [3.8, 4) is 17.2 Å². The van der Waals surface area contributed by atoms with Gasteiger partial charge in [-0.3, -0.25) is 4.79 Å². The zero-order valence-corrected chi connectivity index (χ0v) is 13.4. The van der Waals surface area contributed by atoms with Gasteiger partial charge in [0.05, 0.1) is 27.8 Å². The molecule has 1 saturated heterocycles. The summed E-state index contributed by atoms with van der Waals surface area (Å²) >= 11 is 0. The number of likely N-dealkylation sites (tertiary alicyclic amines) is 1. The van der Waals surface area contributed by atoms with Gasteiger partial charge in [-0.2, -0.15) is 0 Å². The van der Waals surface area contributed by atoms with Crippen molar-refractivity contribution in [1.29, 1.82) is 0 Å². The third kappa shape index (κ3) is 3.62. The van der Waals surface area contributed by atoms with Crippen LogP contribution in [0.25, 0.3) is 0 Å². The van der Waals surface area contributed by atoms with Gasteiger partial charge < -0.3 is 24.8 Å². The Morgan fingerprint density at radius 3 is 2.36 bits per heavy atom. The Labute approximate surface area is 131 Å².